The van der Waals surface area contributed by atoms with Crippen LogP contribution in [0.3, 0.4) is 0 Å². The summed E-state index contributed by atoms with van der Waals surface area (Å²) in [5, 5.41) is 2.07. The Balaban J connectivity index is 1.58. The van der Waals surface area contributed by atoms with E-state index in [1.165, 1.54) is 6.42 Å². The van der Waals surface area contributed by atoms with Crippen LogP contribution in [0, 0.1) is 5.82 Å². The highest BCUT2D eigenvalue weighted by Crippen LogP contribution is 2.59. The lowest BCUT2D eigenvalue weighted by atomic mass is 9.64. The van der Waals surface area contributed by atoms with Crippen LogP contribution in [0.2, 0.25) is 0 Å². The first-order valence-electron chi connectivity index (χ1n) is 10.3. The summed E-state index contributed by atoms with van der Waals surface area (Å²) in [5.41, 5.74) is 1.90. The summed E-state index contributed by atoms with van der Waals surface area (Å²) in [7, 11) is 2.04. The first kappa shape index (κ1) is 17.0. The molecule has 2 spiro atoms. The van der Waals surface area contributed by atoms with Crippen molar-refractivity contribution in [3.05, 3.63) is 60.2 Å². The summed E-state index contributed by atoms with van der Waals surface area (Å²) >= 11 is 0. The number of benzene rings is 2. The van der Waals surface area contributed by atoms with Gasteiger partial charge in [-0.05, 0) is 54.8 Å². The standard InChI is InChI=1S/C24H22FN3O/c1-28-20-7-6-17(25)13-19(20)23(10-3-2-4-11-23)24(28)15-27-22-18-9-12-26-14-16(18)5-8-21(22)29-24/h5-9,12-15H,2-4,10-11H2,1H3. The molecule has 0 radical (unpaired) electrons. The first-order chi connectivity index (χ1) is 14.1. The minimum Gasteiger partial charge on any atom is -0.459 e. The Morgan fingerprint density at radius 1 is 1.07 bits per heavy atom. The zero-order valence-corrected chi connectivity index (χ0v) is 16.4. The molecule has 2 aliphatic heterocycles. The molecule has 146 valence electrons. The molecule has 4 nitrogen and oxygen atoms in total. The first-order valence-corrected chi connectivity index (χ1v) is 10.3. The van der Waals surface area contributed by atoms with Crippen molar-refractivity contribution in [3.63, 3.8) is 0 Å². The number of pyridine rings is 1. The minimum atomic E-state index is -0.739. The van der Waals surface area contributed by atoms with Crippen molar-refractivity contribution in [2.24, 2.45) is 4.99 Å². The van der Waals surface area contributed by atoms with Crippen molar-refractivity contribution in [2.75, 3.05) is 11.9 Å². The molecule has 0 saturated heterocycles. The fourth-order valence-corrected chi connectivity index (χ4v) is 5.73. The molecule has 0 bridgehead atoms. The summed E-state index contributed by atoms with van der Waals surface area (Å²) in [6.07, 6.45) is 11.0. The monoisotopic (exact) mass is 387 g/mol. The van der Waals surface area contributed by atoms with Gasteiger partial charge in [0.05, 0.1) is 11.6 Å². The van der Waals surface area contributed by atoms with Crippen LogP contribution in [-0.2, 0) is 5.41 Å². The zero-order valence-electron chi connectivity index (χ0n) is 16.4. The van der Waals surface area contributed by atoms with Gasteiger partial charge in [0.15, 0.2) is 0 Å². The highest BCUT2D eigenvalue weighted by molar-refractivity contribution is 5.99. The van der Waals surface area contributed by atoms with E-state index in [1.54, 1.807) is 18.3 Å². The lowest BCUT2D eigenvalue weighted by Crippen LogP contribution is -2.63. The van der Waals surface area contributed by atoms with Crippen LogP contribution in [0.25, 0.3) is 10.8 Å². The molecular formula is C24H22FN3O. The van der Waals surface area contributed by atoms with Gasteiger partial charge in [-0.15, -0.1) is 0 Å². The average Bonchev–Trinajstić information content (AvgIpc) is 2.94. The molecule has 1 unspecified atom stereocenters. The van der Waals surface area contributed by atoms with Gasteiger partial charge >= 0.3 is 0 Å². The topological polar surface area (TPSA) is 37.7 Å². The van der Waals surface area contributed by atoms with Crippen molar-refractivity contribution >= 4 is 28.4 Å². The second kappa shape index (κ2) is 5.78. The minimum absolute atomic E-state index is 0.189. The van der Waals surface area contributed by atoms with E-state index in [1.807, 2.05) is 43.7 Å². The summed E-state index contributed by atoms with van der Waals surface area (Å²) in [6.45, 7) is 0. The van der Waals surface area contributed by atoms with Crippen LogP contribution in [0.15, 0.2) is 53.8 Å². The number of hydrogen-bond donors (Lipinski definition) is 0. The molecule has 1 atom stereocenters. The Morgan fingerprint density at radius 2 is 1.93 bits per heavy atom. The van der Waals surface area contributed by atoms with E-state index in [-0.39, 0.29) is 11.2 Å². The molecule has 1 fully saturated rings. The molecule has 3 aliphatic rings. The normalized spacial score (nSPS) is 24.0. The quantitative estimate of drug-likeness (QED) is 0.510. The van der Waals surface area contributed by atoms with Gasteiger partial charge in [-0.2, -0.15) is 0 Å². The van der Waals surface area contributed by atoms with Gasteiger partial charge < -0.3 is 9.64 Å². The number of nitrogens with zero attached hydrogens (tertiary/aromatic N) is 3. The summed E-state index contributed by atoms with van der Waals surface area (Å²) in [5.74, 6) is 0.585. The molecular weight excluding hydrogens is 365 g/mol. The van der Waals surface area contributed by atoms with Crippen molar-refractivity contribution in [2.45, 2.75) is 43.2 Å². The number of fused-ring (bicyclic) bond motifs is 6. The molecule has 1 aliphatic carbocycles. The van der Waals surface area contributed by atoms with E-state index < -0.39 is 5.72 Å². The number of aromatic nitrogens is 1. The Hall–Kier alpha value is -2.95. The Labute approximate surface area is 169 Å². The molecule has 1 aromatic heterocycles. The molecule has 6 rings (SSSR count). The van der Waals surface area contributed by atoms with Crippen molar-refractivity contribution < 1.29 is 9.13 Å². The third-order valence-electron chi connectivity index (χ3n) is 7.12. The van der Waals surface area contributed by atoms with Gasteiger partial charge in [0.1, 0.15) is 17.3 Å². The van der Waals surface area contributed by atoms with Gasteiger partial charge in [-0.1, -0.05) is 19.3 Å². The van der Waals surface area contributed by atoms with Crippen LogP contribution in [-0.4, -0.2) is 24.0 Å². The molecule has 3 heterocycles. The van der Waals surface area contributed by atoms with Crippen LogP contribution in [0.4, 0.5) is 15.8 Å². The second-order valence-corrected chi connectivity index (χ2v) is 8.43. The average molecular weight is 387 g/mol. The number of hydrogen-bond acceptors (Lipinski definition) is 4. The van der Waals surface area contributed by atoms with Gasteiger partial charge in [0, 0.05) is 35.9 Å². The highest BCUT2D eigenvalue weighted by atomic mass is 19.1. The lowest BCUT2D eigenvalue weighted by molar-refractivity contribution is 0.0399. The van der Waals surface area contributed by atoms with Crippen molar-refractivity contribution in [3.8, 4) is 5.75 Å². The number of likely N-dealkylation sites (N-methyl/N-ethyl adjacent to an activating group) is 1. The number of rotatable bonds is 0. The van der Waals surface area contributed by atoms with Crippen LogP contribution < -0.4 is 9.64 Å². The van der Waals surface area contributed by atoms with Gasteiger partial charge in [0.25, 0.3) is 0 Å². The molecule has 1 saturated carbocycles. The van der Waals surface area contributed by atoms with E-state index in [0.29, 0.717) is 0 Å². The molecule has 0 N–H and O–H groups in total. The molecule has 5 heteroatoms. The SMILES string of the molecule is CN1c2ccc(F)cc2C2(CCCCC2)C12C=Nc1c(ccc3cnccc13)O2. The van der Waals surface area contributed by atoms with Gasteiger partial charge in [0.2, 0.25) is 5.72 Å². The van der Waals surface area contributed by atoms with Gasteiger partial charge in [-0.3, -0.25) is 9.98 Å². The predicted molar refractivity (Wildman–Crippen MR) is 113 cm³/mol. The van der Waals surface area contributed by atoms with Crippen LogP contribution >= 0.6 is 0 Å². The smallest absolute Gasteiger partial charge is 0.229 e. The number of aliphatic imine (C=N–C) groups is 1. The Bertz CT molecular complexity index is 1170. The lowest BCUT2D eigenvalue weighted by Gasteiger charge is -2.49. The van der Waals surface area contributed by atoms with E-state index in [2.05, 4.69) is 9.88 Å². The van der Waals surface area contributed by atoms with Crippen molar-refractivity contribution in [1.82, 2.24) is 4.98 Å². The van der Waals surface area contributed by atoms with E-state index >= 15 is 0 Å². The van der Waals surface area contributed by atoms with Crippen molar-refractivity contribution in [1.29, 1.82) is 0 Å². The molecule has 2 aromatic carbocycles. The van der Waals surface area contributed by atoms with Gasteiger partial charge in [-0.25, -0.2) is 4.39 Å². The van der Waals surface area contributed by atoms with Crippen LogP contribution in [0.1, 0.15) is 37.7 Å². The third-order valence-corrected chi connectivity index (χ3v) is 7.12. The predicted octanol–water partition coefficient (Wildman–Crippen LogP) is 5.52. The van der Waals surface area contributed by atoms with E-state index in [9.17, 15) is 4.39 Å². The number of halogens is 1. The highest BCUT2D eigenvalue weighted by Gasteiger charge is 2.63. The fraction of sp³-hybridized carbons (Fsp3) is 0.333. The maximum Gasteiger partial charge on any atom is 0.229 e. The molecule has 0 amide bonds. The Morgan fingerprint density at radius 3 is 2.79 bits per heavy atom. The number of anilines is 1. The third kappa shape index (κ3) is 2.08. The number of ether oxygens (including phenoxy) is 1. The zero-order chi connectivity index (χ0) is 19.6. The van der Waals surface area contributed by atoms with E-state index in [0.717, 1.165) is 59.1 Å². The Kier molecular flexibility index (Phi) is 3.38. The van der Waals surface area contributed by atoms with Crippen LogP contribution in [0.5, 0.6) is 5.75 Å². The maximum atomic E-state index is 14.3. The van der Waals surface area contributed by atoms with E-state index in [4.69, 9.17) is 9.73 Å². The summed E-state index contributed by atoms with van der Waals surface area (Å²) < 4.78 is 21.1. The fourth-order valence-electron chi connectivity index (χ4n) is 5.73. The second-order valence-electron chi connectivity index (χ2n) is 8.43. The summed E-state index contributed by atoms with van der Waals surface area (Å²) in [6, 6.07) is 11.1. The molecule has 3 aromatic rings. The molecule has 29 heavy (non-hydrogen) atoms. The summed E-state index contributed by atoms with van der Waals surface area (Å²) in [4.78, 5) is 11.3. The largest absolute Gasteiger partial charge is 0.459 e. The maximum absolute atomic E-state index is 14.3.